The van der Waals surface area contributed by atoms with Crippen LogP contribution >= 0.6 is 12.2 Å². The first-order chi connectivity index (χ1) is 15.6. The number of benzene rings is 2. The lowest BCUT2D eigenvalue weighted by atomic mass is 10.1. The number of nitrogens with one attached hydrogen (secondary N) is 1. The second-order valence-electron chi connectivity index (χ2n) is 7.78. The Labute approximate surface area is 191 Å². The zero-order valence-corrected chi connectivity index (χ0v) is 18.6. The minimum absolute atomic E-state index is 0.120. The Bertz CT molecular complexity index is 1060. The molecule has 8 nitrogen and oxygen atoms in total. The first-order valence-electron chi connectivity index (χ1n) is 10.5. The number of hydrogen-bond acceptors (Lipinski definition) is 7. The van der Waals surface area contributed by atoms with Gasteiger partial charge in [0.2, 0.25) is 6.79 Å². The van der Waals surface area contributed by atoms with Gasteiger partial charge in [-0.05, 0) is 60.3 Å². The molecule has 0 bridgehead atoms. The molecule has 5 rings (SSSR count). The molecule has 32 heavy (non-hydrogen) atoms. The van der Waals surface area contributed by atoms with Crippen molar-refractivity contribution in [2.24, 2.45) is 0 Å². The van der Waals surface area contributed by atoms with Crippen LogP contribution in [0.15, 0.2) is 48.2 Å². The lowest BCUT2D eigenvalue weighted by Gasteiger charge is -2.37. The molecular formula is C23H24N4O4S. The lowest BCUT2D eigenvalue weighted by molar-refractivity contribution is -0.123. The van der Waals surface area contributed by atoms with Gasteiger partial charge >= 0.3 is 0 Å². The monoisotopic (exact) mass is 452 g/mol. The molecule has 0 saturated carbocycles. The molecule has 0 radical (unpaired) electrons. The largest absolute Gasteiger partial charge is 0.497 e. The zero-order valence-electron chi connectivity index (χ0n) is 17.7. The first-order valence-corrected chi connectivity index (χ1v) is 10.9. The summed E-state index contributed by atoms with van der Waals surface area (Å²) in [5.74, 6) is 2.12. The number of amides is 1. The molecule has 3 heterocycles. The van der Waals surface area contributed by atoms with Gasteiger partial charge in [-0.25, -0.2) is 0 Å². The van der Waals surface area contributed by atoms with E-state index in [0.717, 1.165) is 37.5 Å². The average Bonchev–Trinajstić information content (AvgIpc) is 3.39. The number of thiocarbonyl (C=S) groups is 1. The molecular weight excluding hydrogens is 428 g/mol. The van der Waals surface area contributed by atoms with Crippen molar-refractivity contribution in [1.29, 1.82) is 0 Å². The van der Waals surface area contributed by atoms with Gasteiger partial charge in [-0.15, -0.1) is 0 Å². The van der Waals surface area contributed by atoms with Crippen LogP contribution in [0.4, 0.5) is 5.69 Å². The number of nitrogens with zero attached hydrogens (tertiary/aromatic N) is 3. The van der Waals surface area contributed by atoms with Crippen LogP contribution in [0.3, 0.4) is 0 Å². The summed E-state index contributed by atoms with van der Waals surface area (Å²) in [6, 6.07) is 13.7. The molecule has 1 amide bonds. The van der Waals surface area contributed by atoms with Crippen molar-refractivity contribution in [2.45, 2.75) is 0 Å². The number of rotatable bonds is 5. The van der Waals surface area contributed by atoms with Crippen molar-refractivity contribution < 1.29 is 19.0 Å². The molecule has 2 saturated heterocycles. The van der Waals surface area contributed by atoms with Gasteiger partial charge in [0.05, 0.1) is 13.8 Å². The Kier molecular flexibility index (Phi) is 5.59. The van der Waals surface area contributed by atoms with E-state index in [1.165, 1.54) is 5.69 Å². The molecule has 0 atom stereocenters. The predicted octanol–water partition coefficient (Wildman–Crippen LogP) is 2.26. The third kappa shape index (κ3) is 4.09. The third-order valence-electron chi connectivity index (χ3n) is 5.82. The molecule has 0 aliphatic carbocycles. The highest BCUT2D eigenvalue weighted by molar-refractivity contribution is 7.80. The normalized spacial score (nSPS) is 19.6. The smallest absolute Gasteiger partial charge is 0.277 e. The van der Waals surface area contributed by atoms with Gasteiger partial charge in [0.1, 0.15) is 11.4 Å². The van der Waals surface area contributed by atoms with E-state index < -0.39 is 0 Å². The topological polar surface area (TPSA) is 66.5 Å². The Morgan fingerprint density at radius 1 is 1.06 bits per heavy atom. The molecule has 2 aromatic rings. The van der Waals surface area contributed by atoms with Crippen molar-refractivity contribution in [3.05, 3.63) is 53.7 Å². The van der Waals surface area contributed by atoms with Crippen LogP contribution < -0.4 is 24.4 Å². The van der Waals surface area contributed by atoms with Crippen LogP contribution in [-0.4, -0.2) is 67.6 Å². The fourth-order valence-electron chi connectivity index (χ4n) is 4.01. The van der Waals surface area contributed by atoms with Gasteiger partial charge in [-0.1, -0.05) is 6.07 Å². The standard InChI is InChI=1S/C23H24N4O4S/c1-29-18-5-3-17(4-6-18)26-10-8-25(9-11-26)14-27-22(28)19(24-23(27)32)12-16-2-7-20-21(13-16)31-15-30-20/h2-7,12-13H,8-11,14-15H2,1H3,(H,24,32)/b19-12-. The van der Waals surface area contributed by atoms with E-state index in [1.807, 2.05) is 30.3 Å². The number of hydrogen-bond donors (Lipinski definition) is 1. The maximum Gasteiger partial charge on any atom is 0.277 e. The number of ether oxygens (including phenoxy) is 3. The summed E-state index contributed by atoms with van der Waals surface area (Å²) in [4.78, 5) is 19.2. The molecule has 166 valence electrons. The highest BCUT2D eigenvalue weighted by Crippen LogP contribution is 2.33. The number of carbonyl (C=O) groups is 1. The zero-order chi connectivity index (χ0) is 22.1. The molecule has 1 N–H and O–H groups in total. The fraction of sp³-hybridized carbons (Fsp3) is 0.304. The average molecular weight is 453 g/mol. The van der Waals surface area contributed by atoms with Gasteiger partial charge in [-0.2, -0.15) is 0 Å². The minimum atomic E-state index is -0.120. The summed E-state index contributed by atoms with van der Waals surface area (Å²) in [5.41, 5.74) is 2.49. The van der Waals surface area contributed by atoms with Crippen LogP contribution in [0.25, 0.3) is 6.08 Å². The van der Waals surface area contributed by atoms with E-state index in [2.05, 4.69) is 27.2 Å². The molecule has 9 heteroatoms. The first kappa shape index (κ1) is 20.6. The molecule has 3 aliphatic rings. The van der Waals surface area contributed by atoms with E-state index in [0.29, 0.717) is 29.0 Å². The summed E-state index contributed by atoms with van der Waals surface area (Å²) < 4.78 is 16.0. The highest BCUT2D eigenvalue weighted by Gasteiger charge is 2.32. The van der Waals surface area contributed by atoms with Crippen molar-refractivity contribution in [3.8, 4) is 17.2 Å². The fourth-order valence-corrected chi connectivity index (χ4v) is 4.26. The van der Waals surface area contributed by atoms with Crippen LogP contribution in [-0.2, 0) is 4.79 Å². The van der Waals surface area contributed by atoms with E-state index in [4.69, 9.17) is 26.4 Å². The maximum absolute atomic E-state index is 13.0. The molecule has 0 spiro atoms. The minimum Gasteiger partial charge on any atom is -0.497 e. The predicted molar refractivity (Wildman–Crippen MR) is 125 cm³/mol. The Morgan fingerprint density at radius 2 is 1.81 bits per heavy atom. The quantitative estimate of drug-likeness (QED) is 0.548. The Hall–Kier alpha value is -3.30. The Morgan fingerprint density at radius 3 is 2.56 bits per heavy atom. The Balaban J connectivity index is 1.20. The number of piperazine rings is 1. The van der Waals surface area contributed by atoms with Crippen molar-refractivity contribution >= 4 is 35.0 Å². The molecule has 0 aromatic heterocycles. The summed E-state index contributed by atoms with van der Waals surface area (Å²) in [6.45, 7) is 4.15. The maximum atomic E-state index is 13.0. The van der Waals surface area contributed by atoms with Gasteiger partial charge in [0, 0.05) is 31.9 Å². The van der Waals surface area contributed by atoms with Crippen LogP contribution in [0.5, 0.6) is 17.2 Å². The van der Waals surface area contributed by atoms with Crippen molar-refractivity contribution in [1.82, 2.24) is 15.1 Å². The molecule has 2 fully saturated rings. The number of anilines is 1. The SMILES string of the molecule is COc1ccc(N2CCN(CN3C(=O)/C(=C/c4ccc5c(c4)OCO5)NC3=S)CC2)cc1. The second kappa shape index (κ2) is 8.68. The molecule has 3 aliphatic heterocycles. The van der Waals surface area contributed by atoms with Gasteiger partial charge in [-0.3, -0.25) is 14.6 Å². The van der Waals surface area contributed by atoms with Crippen LogP contribution in [0.2, 0.25) is 0 Å². The van der Waals surface area contributed by atoms with Gasteiger partial charge in [0.15, 0.2) is 16.6 Å². The molecule has 2 aromatic carbocycles. The molecule has 0 unspecified atom stereocenters. The van der Waals surface area contributed by atoms with E-state index in [1.54, 1.807) is 18.1 Å². The summed E-state index contributed by atoms with van der Waals surface area (Å²) in [7, 11) is 1.67. The van der Waals surface area contributed by atoms with Crippen LogP contribution in [0.1, 0.15) is 5.56 Å². The van der Waals surface area contributed by atoms with Crippen LogP contribution in [0, 0.1) is 0 Å². The second-order valence-corrected chi connectivity index (χ2v) is 8.17. The number of fused-ring (bicyclic) bond motifs is 1. The van der Waals surface area contributed by atoms with E-state index in [9.17, 15) is 4.79 Å². The van der Waals surface area contributed by atoms with Crippen molar-refractivity contribution in [2.75, 3.05) is 51.7 Å². The summed E-state index contributed by atoms with van der Waals surface area (Å²) in [6.07, 6.45) is 1.79. The number of methoxy groups -OCH3 is 1. The van der Waals surface area contributed by atoms with Crippen molar-refractivity contribution in [3.63, 3.8) is 0 Å². The van der Waals surface area contributed by atoms with Gasteiger partial charge < -0.3 is 24.4 Å². The number of carbonyl (C=O) groups excluding carboxylic acids is 1. The summed E-state index contributed by atoms with van der Waals surface area (Å²) >= 11 is 5.44. The van der Waals surface area contributed by atoms with E-state index in [-0.39, 0.29) is 12.7 Å². The summed E-state index contributed by atoms with van der Waals surface area (Å²) in [5, 5.41) is 3.48. The third-order valence-corrected chi connectivity index (χ3v) is 6.14. The van der Waals surface area contributed by atoms with Gasteiger partial charge in [0.25, 0.3) is 5.91 Å². The lowest BCUT2D eigenvalue weighted by Crippen LogP contribution is -2.51. The highest BCUT2D eigenvalue weighted by atomic mass is 32.1. The van der Waals surface area contributed by atoms with E-state index >= 15 is 0 Å².